The first kappa shape index (κ1) is 22.1. The summed E-state index contributed by atoms with van der Waals surface area (Å²) < 4.78 is 0. The van der Waals surface area contributed by atoms with Crippen molar-refractivity contribution in [2.24, 2.45) is 5.73 Å². The van der Waals surface area contributed by atoms with E-state index in [1.54, 1.807) is 29.2 Å². The topological polar surface area (TPSA) is 108 Å². The van der Waals surface area contributed by atoms with Gasteiger partial charge in [0.2, 0.25) is 17.7 Å². The number of hydrogen-bond donors (Lipinski definition) is 3. The number of H-pyrrole nitrogens is 1. The van der Waals surface area contributed by atoms with E-state index in [-0.39, 0.29) is 18.2 Å². The number of amides is 3. The van der Waals surface area contributed by atoms with E-state index in [0.29, 0.717) is 30.8 Å². The van der Waals surface area contributed by atoms with Crippen LogP contribution in [-0.4, -0.2) is 40.7 Å². The molecule has 7 nitrogen and oxygen atoms in total. The number of primary amides is 1. The lowest BCUT2D eigenvalue weighted by atomic mass is 10.0. The Hall–Kier alpha value is -3.61. The van der Waals surface area contributed by atoms with Crippen molar-refractivity contribution >= 4 is 34.3 Å². The lowest BCUT2D eigenvalue weighted by Gasteiger charge is -2.21. The Labute approximate surface area is 181 Å². The van der Waals surface area contributed by atoms with Gasteiger partial charge in [0, 0.05) is 47.4 Å². The third-order valence-electron chi connectivity index (χ3n) is 5.40. The van der Waals surface area contributed by atoms with Gasteiger partial charge in [-0.1, -0.05) is 11.6 Å². The third kappa shape index (κ3) is 5.31. The molecule has 0 bridgehead atoms. The molecule has 0 atom stereocenters. The minimum atomic E-state index is -0.518. The monoisotopic (exact) mass is 420 g/mol. The maximum atomic E-state index is 12.9. The Bertz CT molecular complexity index is 1120. The van der Waals surface area contributed by atoms with E-state index in [1.165, 1.54) is 0 Å². The molecule has 31 heavy (non-hydrogen) atoms. The normalized spacial score (nSPS) is 10.8. The van der Waals surface area contributed by atoms with Crippen molar-refractivity contribution in [3.05, 3.63) is 64.8 Å². The third-order valence-corrected chi connectivity index (χ3v) is 5.40. The highest BCUT2D eigenvalue weighted by molar-refractivity contribution is 5.95. The number of benzene rings is 2. The summed E-state index contributed by atoms with van der Waals surface area (Å²) in [5, 5.41) is 3.85. The van der Waals surface area contributed by atoms with Crippen LogP contribution in [0.2, 0.25) is 0 Å². The SMILES string of the molecule is CCN(CCC(=O)Nc1ccc(C(N)=O)cc1)C(=O)Cc1c(C)[nH]c2ccc(C)cc12. The molecular formula is C24H28N4O3. The van der Waals surface area contributed by atoms with Gasteiger partial charge in [-0.15, -0.1) is 0 Å². The van der Waals surface area contributed by atoms with Crippen molar-refractivity contribution in [3.8, 4) is 0 Å². The number of nitrogens with zero attached hydrogens (tertiary/aromatic N) is 1. The van der Waals surface area contributed by atoms with Gasteiger partial charge in [0.05, 0.1) is 6.42 Å². The van der Waals surface area contributed by atoms with E-state index in [2.05, 4.69) is 16.4 Å². The fourth-order valence-corrected chi connectivity index (χ4v) is 3.62. The fourth-order valence-electron chi connectivity index (χ4n) is 3.62. The van der Waals surface area contributed by atoms with Crippen LogP contribution >= 0.6 is 0 Å². The summed E-state index contributed by atoms with van der Waals surface area (Å²) in [7, 11) is 0. The van der Waals surface area contributed by atoms with E-state index < -0.39 is 5.91 Å². The Morgan fingerprint density at radius 3 is 2.42 bits per heavy atom. The smallest absolute Gasteiger partial charge is 0.248 e. The molecule has 3 aromatic rings. The first-order chi connectivity index (χ1) is 14.8. The van der Waals surface area contributed by atoms with Crippen molar-refractivity contribution in [3.63, 3.8) is 0 Å². The quantitative estimate of drug-likeness (QED) is 0.520. The molecule has 1 heterocycles. The van der Waals surface area contributed by atoms with Crippen molar-refractivity contribution in [1.82, 2.24) is 9.88 Å². The lowest BCUT2D eigenvalue weighted by molar-refractivity contribution is -0.130. The molecule has 162 valence electrons. The molecule has 3 amide bonds. The van der Waals surface area contributed by atoms with Crippen LogP contribution in [-0.2, 0) is 16.0 Å². The average molecular weight is 421 g/mol. The number of rotatable bonds is 8. The zero-order valence-corrected chi connectivity index (χ0v) is 18.1. The van der Waals surface area contributed by atoms with Crippen LogP contribution in [0, 0.1) is 13.8 Å². The van der Waals surface area contributed by atoms with Gasteiger partial charge in [-0.25, -0.2) is 0 Å². The summed E-state index contributed by atoms with van der Waals surface area (Å²) in [4.78, 5) is 41.4. The van der Waals surface area contributed by atoms with E-state index >= 15 is 0 Å². The lowest BCUT2D eigenvalue weighted by Crippen LogP contribution is -2.34. The van der Waals surface area contributed by atoms with Gasteiger partial charge in [-0.3, -0.25) is 14.4 Å². The zero-order valence-electron chi connectivity index (χ0n) is 18.1. The number of carbonyl (C=O) groups is 3. The second kappa shape index (κ2) is 9.47. The molecule has 0 aliphatic rings. The average Bonchev–Trinajstić information content (AvgIpc) is 3.03. The number of anilines is 1. The molecule has 4 N–H and O–H groups in total. The van der Waals surface area contributed by atoms with Crippen molar-refractivity contribution in [1.29, 1.82) is 0 Å². The van der Waals surface area contributed by atoms with Crippen LogP contribution in [0.5, 0.6) is 0 Å². The van der Waals surface area contributed by atoms with Crippen LogP contribution in [0.25, 0.3) is 10.9 Å². The van der Waals surface area contributed by atoms with Crippen molar-refractivity contribution in [2.75, 3.05) is 18.4 Å². The molecule has 0 saturated heterocycles. The summed E-state index contributed by atoms with van der Waals surface area (Å²) >= 11 is 0. The Balaban J connectivity index is 1.60. The summed E-state index contributed by atoms with van der Waals surface area (Å²) in [5.74, 6) is -0.723. The van der Waals surface area contributed by atoms with Gasteiger partial charge < -0.3 is 20.9 Å². The molecule has 0 aliphatic carbocycles. The van der Waals surface area contributed by atoms with E-state index in [1.807, 2.05) is 32.9 Å². The molecule has 3 rings (SSSR count). The first-order valence-corrected chi connectivity index (χ1v) is 10.3. The number of likely N-dealkylation sites (N-methyl/N-ethyl adjacent to an activating group) is 1. The predicted molar refractivity (Wildman–Crippen MR) is 122 cm³/mol. The van der Waals surface area contributed by atoms with Crippen LogP contribution < -0.4 is 11.1 Å². The molecule has 0 radical (unpaired) electrons. The van der Waals surface area contributed by atoms with E-state index in [4.69, 9.17) is 5.73 Å². The number of carbonyl (C=O) groups excluding carboxylic acids is 3. The van der Waals surface area contributed by atoms with E-state index in [9.17, 15) is 14.4 Å². The fraction of sp³-hybridized carbons (Fsp3) is 0.292. The minimum Gasteiger partial charge on any atom is -0.366 e. The summed E-state index contributed by atoms with van der Waals surface area (Å²) in [6, 6.07) is 12.5. The van der Waals surface area contributed by atoms with Crippen molar-refractivity contribution < 1.29 is 14.4 Å². The highest BCUT2D eigenvalue weighted by Gasteiger charge is 2.18. The Kier molecular flexibility index (Phi) is 6.74. The maximum Gasteiger partial charge on any atom is 0.248 e. The summed E-state index contributed by atoms with van der Waals surface area (Å²) in [6.07, 6.45) is 0.475. The number of aromatic amines is 1. The van der Waals surface area contributed by atoms with Gasteiger partial charge in [0.15, 0.2) is 0 Å². The van der Waals surface area contributed by atoms with Gasteiger partial charge in [0.25, 0.3) is 0 Å². The zero-order chi connectivity index (χ0) is 22.5. The van der Waals surface area contributed by atoms with Crippen LogP contribution in [0.1, 0.15) is 40.5 Å². The number of nitrogens with two attached hydrogens (primary N) is 1. The van der Waals surface area contributed by atoms with Crippen LogP contribution in [0.15, 0.2) is 42.5 Å². The Morgan fingerprint density at radius 2 is 1.77 bits per heavy atom. The van der Waals surface area contributed by atoms with Crippen LogP contribution in [0.4, 0.5) is 5.69 Å². The highest BCUT2D eigenvalue weighted by Crippen LogP contribution is 2.24. The van der Waals surface area contributed by atoms with E-state index in [0.717, 1.165) is 27.7 Å². The molecular weight excluding hydrogens is 392 g/mol. The first-order valence-electron chi connectivity index (χ1n) is 10.3. The molecule has 0 saturated carbocycles. The summed E-state index contributed by atoms with van der Waals surface area (Å²) in [5.41, 5.74) is 10.3. The van der Waals surface area contributed by atoms with Gasteiger partial charge in [-0.2, -0.15) is 0 Å². The minimum absolute atomic E-state index is 0.00776. The molecule has 7 heteroatoms. The maximum absolute atomic E-state index is 12.9. The van der Waals surface area contributed by atoms with Gasteiger partial charge >= 0.3 is 0 Å². The standard InChI is InChI=1S/C24H28N4O3/c1-4-28(12-11-22(29)27-18-8-6-17(7-9-18)24(25)31)23(30)14-19-16(3)26-21-10-5-15(2)13-20(19)21/h5-10,13,26H,4,11-12,14H2,1-3H3,(H2,25,31)(H,27,29). The second-order valence-corrected chi connectivity index (χ2v) is 7.67. The molecule has 0 unspecified atom stereocenters. The highest BCUT2D eigenvalue weighted by atomic mass is 16.2. The molecule has 0 aliphatic heterocycles. The van der Waals surface area contributed by atoms with Crippen LogP contribution in [0.3, 0.4) is 0 Å². The number of fused-ring (bicyclic) bond motifs is 1. The van der Waals surface area contributed by atoms with Gasteiger partial charge in [-0.05, 0) is 62.7 Å². The number of hydrogen-bond acceptors (Lipinski definition) is 3. The number of aromatic nitrogens is 1. The molecule has 2 aromatic carbocycles. The molecule has 0 fully saturated rings. The largest absolute Gasteiger partial charge is 0.366 e. The number of nitrogens with one attached hydrogen (secondary N) is 2. The molecule has 0 spiro atoms. The summed E-state index contributed by atoms with van der Waals surface area (Å²) in [6.45, 7) is 6.78. The van der Waals surface area contributed by atoms with Gasteiger partial charge in [0.1, 0.15) is 0 Å². The van der Waals surface area contributed by atoms with Crippen molar-refractivity contribution in [2.45, 2.75) is 33.6 Å². The Morgan fingerprint density at radius 1 is 1.06 bits per heavy atom. The second-order valence-electron chi connectivity index (χ2n) is 7.67. The number of aryl methyl sites for hydroxylation is 2. The molecule has 1 aromatic heterocycles. The predicted octanol–water partition coefficient (Wildman–Crippen LogP) is 3.30.